The fourth-order valence-corrected chi connectivity index (χ4v) is 3.82. The van der Waals surface area contributed by atoms with Crippen LogP contribution in [-0.4, -0.2) is 58.9 Å². The number of rotatable bonds is 4. The third kappa shape index (κ3) is 3.77. The lowest BCUT2D eigenvalue weighted by atomic mass is 9.90. The van der Waals surface area contributed by atoms with Gasteiger partial charge in [0.25, 0.3) is 0 Å². The van der Waals surface area contributed by atoms with Gasteiger partial charge in [-0.25, -0.2) is 9.97 Å². The van der Waals surface area contributed by atoms with Crippen molar-refractivity contribution in [3.05, 3.63) is 12.4 Å². The van der Waals surface area contributed by atoms with Crippen molar-refractivity contribution in [1.82, 2.24) is 9.97 Å². The minimum atomic E-state index is -0.734. The quantitative estimate of drug-likeness (QED) is 0.856. The summed E-state index contributed by atoms with van der Waals surface area (Å²) in [6, 6.07) is 1.96. The first-order valence-corrected chi connectivity index (χ1v) is 8.72. The normalized spacial score (nSPS) is 28.0. The second kappa shape index (κ2) is 7.34. The number of carbonyl (C=O) groups is 1. The average molecular weight is 334 g/mol. The molecule has 1 aromatic rings. The summed E-state index contributed by atoms with van der Waals surface area (Å²) in [4.78, 5) is 24.4. The minimum absolute atomic E-state index is 0.207. The summed E-state index contributed by atoms with van der Waals surface area (Å²) in [6.07, 6.45) is 4.37. The van der Waals surface area contributed by atoms with Gasteiger partial charge in [-0.15, -0.1) is 0 Å². The molecule has 1 aromatic heterocycles. The Morgan fingerprint density at radius 3 is 2.71 bits per heavy atom. The van der Waals surface area contributed by atoms with Gasteiger partial charge in [-0.2, -0.15) is 0 Å². The van der Waals surface area contributed by atoms with Crippen molar-refractivity contribution in [2.24, 2.45) is 17.8 Å². The van der Waals surface area contributed by atoms with Crippen LogP contribution in [0, 0.1) is 17.8 Å². The summed E-state index contributed by atoms with van der Waals surface area (Å²) >= 11 is 0. The highest BCUT2D eigenvalue weighted by molar-refractivity contribution is 5.71. The van der Waals surface area contributed by atoms with Crippen LogP contribution >= 0.6 is 0 Å². The molecule has 0 radical (unpaired) electrons. The third-order valence-corrected chi connectivity index (χ3v) is 5.07. The van der Waals surface area contributed by atoms with E-state index in [1.165, 1.54) is 0 Å². The molecule has 0 spiro atoms. The molecule has 3 unspecified atom stereocenters. The van der Waals surface area contributed by atoms with E-state index in [2.05, 4.69) is 26.7 Å². The summed E-state index contributed by atoms with van der Waals surface area (Å²) < 4.78 is 0. The molecule has 0 aliphatic carbocycles. The van der Waals surface area contributed by atoms with Crippen molar-refractivity contribution in [1.29, 1.82) is 0 Å². The van der Waals surface area contributed by atoms with E-state index in [1.54, 1.807) is 6.33 Å². The number of carboxylic acids is 1. The predicted molar refractivity (Wildman–Crippen MR) is 91.2 cm³/mol. The first kappa shape index (κ1) is 17.0. The van der Waals surface area contributed by atoms with Gasteiger partial charge in [0.05, 0.1) is 5.92 Å². The Bertz CT molecular complexity index is 583. The van der Waals surface area contributed by atoms with Gasteiger partial charge < -0.3 is 20.0 Å². The van der Waals surface area contributed by atoms with Crippen molar-refractivity contribution in [3.63, 3.8) is 0 Å². The first-order chi connectivity index (χ1) is 11.6. The second-order valence-electron chi connectivity index (χ2n) is 7.15. The van der Waals surface area contributed by atoms with E-state index in [0.29, 0.717) is 24.8 Å². The summed E-state index contributed by atoms with van der Waals surface area (Å²) in [7, 11) is 0. The van der Waals surface area contributed by atoms with Crippen LogP contribution in [0.1, 0.15) is 26.2 Å². The molecule has 7 heteroatoms. The van der Waals surface area contributed by atoms with E-state index in [0.717, 1.165) is 44.1 Å². The number of nitrogens with zero attached hydrogens (tertiary/aromatic N) is 4. The topological polar surface area (TPSA) is 89.8 Å². The number of aliphatic carboxylic acids is 1. The number of carboxylic acid groups (broad SMARTS) is 1. The van der Waals surface area contributed by atoms with Gasteiger partial charge in [-0.05, 0) is 31.1 Å². The average Bonchev–Trinajstić information content (AvgIpc) is 2.61. The van der Waals surface area contributed by atoms with Gasteiger partial charge in [0.15, 0.2) is 0 Å². The molecule has 0 saturated carbocycles. The summed E-state index contributed by atoms with van der Waals surface area (Å²) in [6.45, 7) is 5.34. The Morgan fingerprint density at radius 2 is 2.00 bits per heavy atom. The van der Waals surface area contributed by atoms with Crippen molar-refractivity contribution in [3.8, 4) is 0 Å². The molecular weight excluding hydrogens is 308 g/mol. The Hall–Kier alpha value is -1.89. The van der Waals surface area contributed by atoms with Crippen LogP contribution in [0.2, 0.25) is 0 Å². The largest absolute Gasteiger partial charge is 0.481 e. The molecule has 3 heterocycles. The monoisotopic (exact) mass is 334 g/mol. The highest BCUT2D eigenvalue weighted by Gasteiger charge is 2.30. The van der Waals surface area contributed by atoms with Crippen LogP contribution in [0.15, 0.2) is 12.4 Å². The Morgan fingerprint density at radius 1 is 1.25 bits per heavy atom. The Balaban J connectivity index is 1.76. The molecule has 2 saturated heterocycles. The fourth-order valence-electron chi connectivity index (χ4n) is 3.82. The Kier molecular flexibility index (Phi) is 5.18. The lowest BCUT2D eigenvalue weighted by molar-refractivity contribution is -0.142. The van der Waals surface area contributed by atoms with Crippen LogP contribution in [-0.2, 0) is 4.79 Å². The number of aromatic nitrogens is 2. The van der Waals surface area contributed by atoms with Crippen LogP contribution in [0.3, 0.4) is 0 Å². The number of hydrogen-bond donors (Lipinski definition) is 2. The molecule has 0 aromatic carbocycles. The minimum Gasteiger partial charge on any atom is -0.481 e. The SMILES string of the molecule is CC1CC(C(=O)O)CN(c2cc(N3CCCC(CO)C3)ncn2)C1. The molecule has 132 valence electrons. The lowest BCUT2D eigenvalue weighted by Gasteiger charge is -2.36. The van der Waals surface area contributed by atoms with Gasteiger partial charge in [0.1, 0.15) is 18.0 Å². The molecule has 2 fully saturated rings. The smallest absolute Gasteiger partial charge is 0.308 e. The highest BCUT2D eigenvalue weighted by atomic mass is 16.4. The van der Waals surface area contributed by atoms with E-state index >= 15 is 0 Å². The number of hydrogen-bond acceptors (Lipinski definition) is 6. The van der Waals surface area contributed by atoms with E-state index in [-0.39, 0.29) is 12.5 Å². The number of piperidine rings is 2. The van der Waals surface area contributed by atoms with Crippen LogP contribution in [0.25, 0.3) is 0 Å². The molecule has 2 N–H and O–H groups in total. The van der Waals surface area contributed by atoms with E-state index in [1.807, 2.05) is 6.07 Å². The number of anilines is 2. The maximum Gasteiger partial charge on any atom is 0.308 e. The second-order valence-corrected chi connectivity index (χ2v) is 7.15. The number of aliphatic hydroxyl groups is 1. The summed E-state index contributed by atoms with van der Waals surface area (Å²) in [5, 5.41) is 18.7. The predicted octanol–water partition coefficient (Wildman–Crippen LogP) is 1.23. The van der Waals surface area contributed by atoms with Gasteiger partial charge in [-0.3, -0.25) is 4.79 Å². The third-order valence-electron chi connectivity index (χ3n) is 5.07. The van der Waals surface area contributed by atoms with Gasteiger partial charge in [0, 0.05) is 38.9 Å². The van der Waals surface area contributed by atoms with Crippen molar-refractivity contribution < 1.29 is 15.0 Å². The molecule has 3 atom stereocenters. The zero-order valence-electron chi connectivity index (χ0n) is 14.1. The van der Waals surface area contributed by atoms with Gasteiger partial charge in [0.2, 0.25) is 0 Å². The zero-order chi connectivity index (χ0) is 17.1. The molecule has 7 nitrogen and oxygen atoms in total. The summed E-state index contributed by atoms with van der Waals surface area (Å²) in [5.41, 5.74) is 0. The van der Waals surface area contributed by atoms with Crippen LogP contribution in [0.5, 0.6) is 0 Å². The maximum absolute atomic E-state index is 11.4. The Labute approximate surface area is 142 Å². The van der Waals surface area contributed by atoms with E-state index in [9.17, 15) is 15.0 Å². The van der Waals surface area contributed by atoms with Crippen LogP contribution in [0.4, 0.5) is 11.6 Å². The van der Waals surface area contributed by atoms with Crippen molar-refractivity contribution in [2.45, 2.75) is 26.2 Å². The lowest BCUT2D eigenvalue weighted by Crippen LogP contribution is -2.43. The van der Waals surface area contributed by atoms with Gasteiger partial charge in [-0.1, -0.05) is 6.92 Å². The molecule has 2 aliphatic rings. The zero-order valence-corrected chi connectivity index (χ0v) is 14.1. The first-order valence-electron chi connectivity index (χ1n) is 8.72. The van der Waals surface area contributed by atoms with E-state index < -0.39 is 5.97 Å². The van der Waals surface area contributed by atoms with Crippen molar-refractivity contribution in [2.75, 3.05) is 42.6 Å². The molecule has 2 aliphatic heterocycles. The molecule has 24 heavy (non-hydrogen) atoms. The van der Waals surface area contributed by atoms with E-state index in [4.69, 9.17) is 0 Å². The molecule has 0 bridgehead atoms. The molecule has 0 amide bonds. The van der Waals surface area contributed by atoms with Crippen molar-refractivity contribution >= 4 is 17.6 Å². The van der Waals surface area contributed by atoms with Gasteiger partial charge >= 0.3 is 5.97 Å². The standard InChI is InChI=1S/C17H26N4O3/c1-12-5-14(17(23)24)9-21(7-12)16-6-15(18-11-19-16)20-4-2-3-13(8-20)10-22/h6,11-14,22H,2-5,7-10H2,1H3,(H,23,24). The number of aliphatic hydroxyl groups excluding tert-OH is 1. The maximum atomic E-state index is 11.4. The van der Waals surface area contributed by atoms with Crippen LogP contribution < -0.4 is 9.80 Å². The summed E-state index contributed by atoms with van der Waals surface area (Å²) in [5.74, 6) is 1.20. The molecular formula is C17H26N4O3. The highest BCUT2D eigenvalue weighted by Crippen LogP contribution is 2.28. The molecule has 3 rings (SSSR count). The fraction of sp³-hybridized carbons (Fsp3) is 0.706.